The lowest BCUT2D eigenvalue weighted by molar-refractivity contribution is 0.0948. The minimum absolute atomic E-state index is 0.0316. The average molecular weight is 203 g/mol. The van der Waals surface area contributed by atoms with Crippen LogP contribution in [0.15, 0.2) is 6.20 Å². The number of H-pyrrole nitrogens is 1. The number of hydrogen-bond acceptors (Lipinski definition) is 3. The van der Waals surface area contributed by atoms with Crippen LogP contribution in [0.25, 0.3) is 0 Å². The molecule has 5 nitrogen and oxygen atoms in total. The maximum absolute atomic E-state index is 11.2. The van der Waals surface area contributed by atoms with Crippen molar-refractivity contribution in [3.05, 3.63) is 11.9 Å². The van der Waals surface area contributed by atoms with Crippen LogP contribution in [0.5, 0.6) is 0 Å². The molecule has 13 heavy (non-hydrogen) atoms. The van der Waals surface area contributed by atoms with Gasteiger partial charge in [0.15, 0.2) is 5.69 Å². The maximum Gasteiger partial charge on any atom is 0.273 e. The molecule has 0 aliphatic carbocycles. The Hall–Kier alpha value is -1.10. The predicted molar refractivity (Wildman–Crippen MR) is 48.6 cm³/mol. The third-order valence-corrected chi connectivity index (χ3v) is 2.04. The van der Waals surface area contributed by atoms with E-state index in [1.807, 2.05) is 6.92 Å². The van der Waals surface area contributed by atoms with E-state index in [0.717, 1.165) is 6.42 Å². The van der Waals surface area contributed by atoms with Crippen molar-refractivity contribution in [3.63, 3.8) is 0 Å². The Kier molecular flexibility index (Phi) is 3.70. The number of aromatic nitrogens is 3. The van der Waals surface area contributed by atoms with Crippen LogP contribution < -0.4 is 5.32 Å². The number of hydrogen-bond donors (Lipinski definition) is 2. The first-order valence-electron chi connectivity index (χ1n) is 4.02. The van der Waals surface area contributed by atoms with Gasteiger partial charge in [0.25, 0.3) is 5.91 Å². The number of carbonyl (C=O) groups is 1. The molecule has 0 radical (unpaired) electrons. The van der Waals surface area contributed by atoms with Crippen LogP contribution in [0.4, 0.5) is 0 Å². The second kappa shape index (κ2) is 4.81. The molecular weight excluding hydrogens is 192 g/mol. The molecule has 1 aromatic rings. The monoisotopic (exact) mass is 202 g/mol. The molecule has 0 saturated heterocycles. The lowest BCUT2D eigenvalue weighted by Crippen LogP contribution is -2.29. The maximum atomic E-state index is 11.2. The van der Waals surface area contributed by atoms with Crippen LogP contribution in [-0.2, 0) is 0 Å². The Morgan fingerprint density at radius 1 is 1.85 bits per heavy atom. The number of alkyl halides is 1. The Labute approximate surface area is 80.9 Å². The van der Waals surface area contributed by atoms with Crippen LogP contribution in [0.1, 0.15) is 23.8 Å². The van der Waals surface area contributed by atoms with Gasteiger partial charge in [0, 0.05) is 6.54 Å². The normalized spacial score (nSPS) is 12.5. The SMILES string of the molecule is CCC(Cl)CNC(=O)c1cn[nH]n1. The fourth-order valence-electron chi connectivity index (χ4n) is 0.749. The molecule has 0 aliphatic heterocycles. The van der Waals surface area contributed by atoms with Crippen molar-refractivity contribution >= 4 is 17.5 Å². The molecule has 1 heterocycles. The molecule has 0 aromatic carbocycles. The molecule has 72 valence electrons. The molecule has 1 atom stereocenters. The molecule has 0 bridgehead atoms. The third-order valence-electron chi connectivity index (χ3n) is 1.57. The zero-order chi connectivity index (χ0) is 9.68. The first-order valence-corrected chi connectivity index (χ1v) is 4.45. The van der Waals surface area contributed by atoms with E-state index in [0.29, 0.717) is 6.54 Å². The number of rotatable bonds is 4. The standard InChI is InChI=1S/C7H11ClN4O/c1-2-5(8)3-9-7(13)6-4-10-12-11-6/h4-5H,2-3H2,1H3,(H,9,13)(H,10,11,12). The predicted octanol–water partition coefficient (Wildman–Crippen LogP) is 0.552. The summed E-state index contributed by atoms with van der Waals surface area (Å²) in [4.78, 5) is 11.2. The fraction of sp³-hybridized carbons (Fsp3) is 0.571. The van der Waals surface area contributed by atoms with Gasteiger partial charge in [0.05, 0.1) is 11.6 Å². The van der Waals surface area contributed by atoms with Gasteiger partial charge in [-0.2, -0.15) is 15.4 Å². The smallest absolute Gasteiger partial charge is 0.273 e. The zero-order valence-corrected chi connectivity index (χ0v) is 8.01. The topological polar surface area (TPSA) is 70.7 Å². The third kappa shape index (κ3) is 3.02. The fourth-order valence-corrected chi connectivity index (χ4v) is 0.827. The van der Waals surface area contributed by atoms with Crippen LogP contribution in [-0.4, -0.2) is 33.2 Å². The van der Waals surface area contributed by atoms with Crippen molar-refractivity contribution in [2.45, 2.75) is 18.7 Å². The minimum Gasteiger partial charge on any atom is -0.349 e. The van der Waals surface area contributed by atoms with Gasteiger partial charge in [0.1, 0.15) is 0 Å². The van der Waals surface area contributed by atoms with Gasteiger partial charge in [-0.3, -0.25) is 4.79 Å². The van der Waals surface area contributed by atoms with Gasteiger partial charge in [0.2, 0.25) is 0 Å². The van der Waals surface area contributed by atoms with Gasteiger partial charge in [-0.05, 0) is 6.42 Å². The summed E-state index contributed by atoms with van der Waals surface area (Å²) in [6.45, 7) is 2.41. The lowest BCUT2D eigenvalue weighted by Gasteiger charge is -2.06. The van der Waals surface area contributed by atoms with E-state index in [4.69, 9.17) is 11.6 Å². The summed E-state index contributed by atoms with van der Waals surface area (Å²) in [7, 11) is 0. The largest absolute Gasteiger partial charge is 0.349 e. The molecule has 0 fully saturated rings. The van der Waals surface area contributed by atoms with E-state index in [1.54, 1.807) is 0 Å². The summed E-state index contributed by atoms with van der Waals surface area (Å²) < 4.78 is 0. The Morgan fingerprint density at radius 2 is 2.62 bits per heavy atom. The van der Waals surface area contributed by atoms with E-state index in [1.165, 1.54) is 6.20 Å². The summed E-state index contributed by atoms with van der Waals surface area (Å²) >= 11 is 5.81. The van der Waals surface area contributed by atoms with Gasteiger partial charge in [-0.15, -0.1) is 11.6 Å². The van der Waals surface area contributed by atoms with Gasteiger partial charge in [-0.1, -0.05) is 6.92 Å². The van der Waals surface area contributed by atoms with Crippen LogP contribution in [0, 0.1) is 0 Å². The summed E-state index contributed by atoms with van der Waals surface area (Å²) in [6, 6.07) is 0. The van der Waals surface area contributed by atoms with Crippen LogP contribution in [0.2, 0.25) is 0 Å². The van der Waals surface area contributed by atoms with Gasteiger partial charge >= 0.3 is 0 Å². The Morgan fingerprint density at radius 3 is 3.15 bits per heavy atom. The molecule has 1 rings (SSSR count). The molecule has 0 saturated carbocycles. The van der Waals surface area contributed by atoms with E-state index >= 15 is 0 Å². The van der Waals surface area contributed by atoms with E-state index in [-0.39, 0.29) is 17.0 Å². The number of halogens is 1. The van der Waals surface area contributed by atoms with Gasteiger partial charge < -0.3 is 5.32 Å². The second-order valence-corrected chi connectivity index (χ2v) is 3.19. The highest BCUT2D eigenvalue weighted by molar-refractivity contribution is 6.20. The molecule has 0 aliphatic rings. The van der Waals surface area contributed by atoms with Crippen molar-refractivity contribution < 1.29 is 4.79 Å². The molecule has 1 aromatic heterocycles. The number of aromatic amines is 1. The van der Waals surface area contributed by atoms with E-state index < -0.39 is 0 Å². The summed E-state index contributed by atoms with van der Waals surface area (Å²) in [6.07, 6.45) is 2.19. The zero-order valence-electron chi connectivity index (χ0n) is 7.25. The first kappa shape index (κ1) is 9.98. The van der Waals surface area contributed by atoms with Gasteiger partial charge in [-0.25, -0.2) is 0 Å². The van der Waals surface area contributed by atoms with Crippen LogP contribution >= 0.6 is 11.6 Å². The van der Waals surface area contributed by atoms with E-state index in [2.05, 4.69) is 20.7 Å². The van der Waals surface area contributed by atoms with Crippen molar-refractivity contribution in [1.29, 1.82) is 0 Å². The summed E-state index contributed by atoms with van der Waals surface area (Å²) in [5.41, 5.74) is 0.278. The van der Waals surface area contributed by atoms with Crippen molar-refractivity contribution in [3.8, 4) is 0 Å². The molecule has 1 unspecified atom stereocenters. The molecule has 6 heteroatoms. The number of nitrogens with one attached hydrogen (secondary N) is 2. The summed E-state index contributed by atoms with van der Waals surface area (Å²) in [5, 5.41) is 12.1. The first-order chi connectivity index (χ1) is 6.24. The Bertz CT molecular complexity index is 261. The number of nitrogens with zero attached hydrogens (tertiary/aromatic N) is 2. The molecule has 1 amide bonds. The molecule has 2 N–H and O–H groups in total. The van der Waals surface area contributed by atoms with Crippen molar-refractivity contribution in [1.82, 2.24) is 20.7 Å². The highest BCUT2D eigenvalue weighted by atomic mass is 35.5. The molecule has 0 spiro atoms. The molecular formula is C7H11ClN4O. The summed E-state index contributed by atoms with van der Waals surface area (Å²) in [5.74, 6) is -0.257. The highest BCUT2D eigenvalue weighted by Crippen LogP contribution is 1.98. The number of amides is 1. The second-order valence-electron chi connectivity index (χ2n) is 2.57. The van der Waals surface area contributed by atoms with Crippen molar-refractivity contribution in [2.24, 2.45) is 0 Å². The number of carbonyl (C=O) groups excluding carboxylic acids is 1. The minimum atomic E-state index is -0.257. The van der Waals surface area contributed by atoms with E-state index in [9.17, 15) is 4.79 Å². The quantitative estimate of drug-likeness (QED) is 0.701. The van der Waals surface area contributed by atoms with Crippen LogP contribution in [0.3, 0.4) is 0 Å². The Balaban J connectivity index is 2.35. The average Bonchev–Trinajstić information content (AvgIpc) is 2.66. The lowest BCUT2D eigenvalue weighted by atomic mass is 10.3. The highest BCUT2D eigenvalue weighted by Gasteiger charge is 2.09. The van der Waals surface area contributed by atoms with Crippen molar-refractivity contribution in [2.75, 3.05) is 6.54 Å².